The summed E-state index contributed by atoms with van der Waals surface area (Å²) >= 11 is 0. The minimum Gasteiger partial charge on any atom is -0.493 e. The van der Waals surface area contributed by atoms with Crippen LogP contribution in [0.2, 0.25) is 0 Å². The van der Waals surface area contributed by atoms with E-state index in [-0.39, 0.29) is 18.2 Å². The van der Waals surface area contributed by atoms with Crippen molar-refractivity contribution in [3.63, 3.8) is 0 Å². The number of amides is 1. The molecule has 1 fully saturated rings. The molecule has 1 aliphatic rings. The van der Waals surface area contributed by atoms with Crippen molar-refractivity contribution in [2.45, 2.75) is 32.2 Å². The van der Waals surface area contributed by atoms with Crippen molar-refractivity contribution in [2.75, 3.05) is 37.5 Å². The first-order chi connectivity index (χ1) is 15.1. The van der Waals surface area contributed by atoms with Gasteiger partial charge in [-0.1, -0.05) is 12.8 Å². The van der Waals surface area contributed by atoms with Crippen molar-refractivity contribution in [3.05, 3.63) is 40.9 Å². The molecule has 0 aliphatic carbocycles. The third-order valence-corrected chi connectivity index (χ3v) is 5.33. The Hall–Kier alpha value is -3.56. The van der Waals surface area contributed by atoms with Gasteiger partial charge in [-0.3, -0.25) is 4.79 Å². The van der Waals surface area contributed by atoms with Crippen LogP contribution >= 0.6 is 0 Å². The van der Waals surface area contributed by atoms with Crippen molar-refractivity contribution >= 4 is 23.2 Å². The van der Waals surface area contributed by atoms with Gasteiger partial charge in [-0.2, -0.15) is 4.98 Å². The third-order valence-electron chi connectivity index (χ3n) is 5.33. The van der Waals surface area contributed by atoms with Crippen LogP contribution in [0.4, 0.5) is 11.5 Å². The summed E-state index contributed by atoms with van der Waals surface area (Å²) < 4.78 is 12.9. The van der Waals surface area contributed by atoms with E-state index in [1.807, 2.05) is 6.07 Å². The summed E-state index contributed by atoms with van der Waals surface area (Å²) in [5, 5.41) is 7.00. The molecule has 4 rings (SSSR count). The van der Waals surface area contributed by atoms with E-state index in [2.05, 4.69) is 20.3 Å². The van der Waals surface area contributed by atoms with E-state index >= 15 is 0 Å². The molecule has 1 amide bonds. The largest absolute Gasteiger partial charge is 0.493 e. The van der Waals surface area contributed by atoms with Crippen LogP contribution in [0.25, 0.3) is 5.78 Å². The van der Waals surface area contributed by atoms with Crippen LogP contribution in [0.1, 0.15) is 25.7 Å². The third kappa shape index (κ3) is 4.47. The summed E-state index contributed by atoms with van der Waals surface area (Å²) in [6.07, 6.45) is 6.37. The van der Waals surface area contributed by atoms with Gasteiger partial charge in [0, 0.05) is 31.0 Å². The molecule has 0 spiro atoms. The standard InChI is InChI=1S/C21H26N6O4/c1-30-16-8-7-15(13-17(16)31-2)22-19(28)14-27-21(29)26-12-9-18(23-20(26)24-27)25-10-5-3-4-6-11-25/h7-9,12-13H,3-6,10-11,14H2,1-2H3,(H,22,28). The van der Waals surface area contributed by atoms with Crippen LogP contribution in [0.3, 0.4) is 0 Å². The van der Waals surface area contributed by atoms with E-state index in [1.165, 1.54) is 31.5 Å². The quantitative estimate of drug-likeness (QED) is 0.642. The summed E-state index contributed by atoms with van der Waals surface area (Å²) in [7, 11) is 3.06. The zero-order valence-corrected chi connectivity index (χ0v) is 17.7. The number of anilines is 2. The average Bonchev–Trinajstić information content (AvgIpc) is 2.95. The monoisotopic (exact) mass is 426 g/mol. The van der Waals surface area contributed by atoms with Gasteiger partial charge in [-0.05, 0) is 31.0 Å². The van der Waals surface area contributed by atoms with Gasteiger partial charge in [0.05, 0.1) is 14.2 Å². The number of nitrogens with one attached hydrogen (secondary N) is 1. The first kappa shape index (κ1) is 20.7. The Bertz CT molecular complexity index is 1130. The van der Waals surface area contributed by atoms with Gasteiger partial charge in [0.1, 0.15) is 12.4 Å². The highest BCUT2D eigenvalue weighted by Crippen LogP contribution is 2.29. The Kier molecular flexibility index (Phi) is 6.06. The predicted molar refractivity (Wildman–Crippen MR) is 116 cm³/mol. The van der Waals surface area contributed by atoms with Crippen LogP contribution < -0.4 is 25.4 Å². The zero-order chi connectivity index (χ0) is 21.8. The van der Waals surface area contributed by atoms with Crippen LogP contribution in [-0.2, 0) is 11.3 Å². The molecule has 0 bridgehead atoms. The van der Waals surface area contributed by atoms with Gasteiger partial charge in [0.25, 0.3) is 5.78 Å². The lowest BCUT2D eigenvalue weighted by molar-refractivity contribution is -0.117. The molecule has 0 atom stereocenters. The fourth-order valence-corrected chi connectivity index (χ4v) is 3.73. The normalized spacial score (nSPS) is 14.3. The Morgan fingerprint density at radius 3 is 2.52 bits per heavy atom. The number of methoxy groups -OCH3 is 2. The molecule has 1 aromatic carbocycles. The summed E-state index contributed by atoms with van der Waals surface area (Å²) in [6.45, 7) is 1.67. The Balaban J connectivity index is 1.51. The molecule has 1 N–H and O–H groups in total. The van der Waals surface area contributed by atoms with E-state index in [0.29, 0.717) is 17.2 Å². The molecule has 3 heterocycles. The lowest BCUT2D eigenvalue weighted by atomic mass is 10.2. The SMILES string of the molecule is COc1ccc(NC(=O)Cn2nc3nc(N4CCCCCC4)ccn3c2=O)cc1OC. The fourth-order valence-electron chi connectivity index (χ4n) is 3.73. The molecule has 10 heteroatoms. The number of nitrogens with zero attached hydrogens (tertiary/aromatic N) is 5. The minimum absolute atomic E-state index is 0.227. The molecule has 0 radical (unpaired) electrons. The highest BCUT2D eigenvalue weighted by Gasteiger charge is 2.16. The summed E-state index contributed by atoms with van der Waals surface area (Å²) in [5.41, 5.74) is 0.119. The number of aromatic nitrogens is 4. The van der Waals surface area contributed by atoms with Crippen LogP contribution in [0.5, 0.6) is 11.5 Å². The number of rotatable bonds is 6. The maximum absolute atomic E-state index is 12.6. The van der Waals surface area contributed by atoms with Crippen molar-refractivity contribution < 1.29 is 14.3 Å². The lowest BCUT2D eigenvalue weighted by Crippen LogP contribution is -2.28. The average molecular weight is 426 g/mol. The number of fused-ring (bicyclic) bond motifs is 1. The minimum atomic E-state index is -0.410. The van der Waals surface area contributed by atoms with Gasteiger partial charge in [0.2, 0.25) is 5.91 Å². The molecular weight excluding hydrogens is 400 g/mol. The fraction of sp³-hybridized carbons (Fsp3) is 0.429. The molecule has 164 valence electrons. The predicted octanol–water partition coefficient (Wildman–Crippen LogP) is 1.93. The van der Waals surface area contributed by atoms with Crippen molar-refractivity contribution in [3.8, 4) is 11.5 Å². The second-order valence-corrected chi connectivity index (χ2v) is 7.42. The highest BCUT2D eigenvalue weighted by atomic mass is 16.5. The second-order valence-electron chi connectivity index (χ2n) is 7.42. The number of benzene rings is 1. The summed E-state index contributed by atoms with van der Waals surface area (Å²) in [5.74, 6) is 1.76. The number of hydrogen-bond donors (Lipinski definition) is 1. The molecule has 0 saturated carbocycles. The van der Waals surface area contributed by atoms with E-state index in [1.54, 1.807) is 24.4 Å². The summed E-state index contributed by atoms with van der Waals surface area (Å²) in [4.78, 5) is 31.9. The van der Waals surface area contributed by atoms with Crippen LogP contribution in [0, 0.1) is 0 Å². The topological polar surface area (TPSA) is 103 Å². The van der Waals surface area contributed by atoms with Crippen LogP contribution in [0.15, 0.2) is 35.3 Å². The smallest absolute Gasteiger partial charge is 0.352 e. The van der Waals surface area contributed by atoms with E-state index in [4.69, 9.17) is 9.47 Å². The van der Waals surface area contributed by atoms with Crippen molar-refractivity contribution in [1.82, 2.24) is 19.2 Å². The van der Waals surface area contributed by atoms with Gasteiger partial charge in [-0.15, -0.1) is 5.10 Å². The first-order valence-electron chi connectivity index (χ1n) is 10.3. The maximum atomic E-state index is 12.6. The van der Waals surface area contributed by atoms with E-state index < -0.39 is 5.69 Å². The van der Waals surface area contributed by atoms with E-state index in [9.17, 15) is 9.59 Å². The molecule has 0 unspecified atom stereocenters. The Labute approximate surface area is 179 Å². The molecular formula is C21H26N6O4. The molecule has 31 heavy (non-hydrogen) atoms. The van der Waals surface area contributed by atoms with Crippen LogP contribution in [-0.4, -0.2) is 52.4 Å². The molecule has 3 aromatic rings. The number of carbonyl (C=O) groups excluding carboxylic acids is 1. The van der Waals surface area contributed by atoms with E-state index in [0.717, 1.165) is 36.4 Å². The number of carbonyl (C=O) groups is 1. The lowest BCUT2D eigenvalue weighted by Gasteiger charge is -2.20. The maximum Gasteiger partial charge on any atom is 0.352 e. The highest BCUT2D eigenvalue weighted by molar-refractivity contribution is 5.90. The van der Waals surface area contributed by atoms with Gasteiger partial charge in [-0.25, -0.2) is 13.9 Å². The molecule has 10 nitrogen and oxygen atoms in total. The molecule has 2 aromatic heterocycles. The number of hydrogen-bond acceptors (Lipinski definition) is 7. The molecule has 1 saturated heterocycles. The Morgan fingerprint density at radius 1 is 1.06 bits per heavy atom. The molecule has 1 aliphatic heterocycles. The van der Waals surface area contributed by atoms with Gasteiger partial charge in [0.15, 0.2) is 11.5 Å². The van der Waals surface area contributed by atoms with Crippen molar-refractivity contribution in [1.29, 1.82) is 0 Å². The number of ether oxygens (including phenoxy) is 2. The zero-order valence-electron chi connectivity index (χ0n) is 17.7. The van der Waals surface area contributed by atoms with Gasteiger partial charge < -0.3 is 19.7 Å². The van der Waals surface area contributed by atoms with Crippen molar-refractivity contribution in [2.24, 2.45) is 0 Å². The summed E-state index contributed by atoms with van der Waals surface area (Å²) in [6, 6.07) is 6.87. The first-order valence-corrected chi connectivity index (χ1v) is 10.3. The van der Waals surface area contributed by atoms with Gasteiger partial charge >= 0.3 is 5.69 Å². The second kappa shape index (κ2) is 9.07. The Morgan fingerprint density at radius 2 is 1.81 bits per heavy atom.